The molecule has 24 heavy (non-hydrogen) atoms. The molecule has 1 heterocycles. The number of piperazine rings is 1. The van der Waals surface area contributed by atoms with Gasteiger partial charge in [-0.3, -0.25) is 4.90 Å². The van der Waals surface area contributed by atoms with E-state index in [2.05, 4.69) is 27.8 Å². The van der Waals surface area contributed by atoms with Crippen molar-refractivity contribution in [1.29, 1.82) is 0 Å². The van der Waals surface area contributed by atoms with Crippen LogP contribution in [0.3, 0.4) is 0 Å². The molecule has 0 aliphatic carbocycles. The summed E-state index contributed by atoms with van der Waals surface area (Å²) in [5.74, 6) is 0.865. The average Bonchev–Trinajstić information content (AvgIpc) is 2.47. The Kier molecular flexibility index (Phi) is 6.52. The van der Waals surface area contributed by atoms with Crippen molar-refractivity contribution in [3.05, 3.63) is 28.7 Å². The van der Waals surface area contributed by atoms with Crippen molar-refractivity contribution in [2.45, 2.75) is 39.3 Å². The summed E-state index contributed by atoms with van der Waals surface area (Å²) in [7, 11) is 0. The topological polar surface area (TPSA) is 42.0 Å². The molecule has 1 aromatic carbocycles. The quantitative estimate of drug-likeness (QED) is 0.773. The largest absolute Gasteiger partial charge is 0.492 e. The number of amides is 1. The van der Waals surface area contributed by atoms with Crippen LogP contribution < -0.4 is 4.74 Å². The lowest BCUT2D eigenvalue weighted by atomic mass is 10.2. The predicted molar refractivity (Wildman–Crippen MR) is 98.5 cm³/mol. The number of benzene rings is 1. The van der Waals surface area contributed by atoms with E-state index in [1.807, 2.05) is 45.0 Å². The monoisotopic (exact) mass is 398 g/mol. The van der Waals surface area contributed by atoms with Crippen LogP contribution in [0.5, 0.6) is 5.75 Å². The van der Waals surface area contributed by atoms with E-state index < -0.39 is 5.60 Å². The number of ether oxygens (including phenoxy) is 2. The third-order valence-corrected chi connectivity index (χ3v) is 4.35. The van der Waals surface area contributed by atoms with E-state index in [1.54, 1.807) is 4.90 Å². The lowest BCUT2D eigenvalue weighted by Gasteiger charge is -2.40. The lowest BCUT2D eigenvalue weighted by Crippen LogP contribution is -2.55. The highest BCUT2D eigenvalue weighted by atomic mass is 79.9. The molecule has 1 aliphatic heterocycles. The van der Waals surface area contributed by atoms with Gasteiger partial charge in [0.15, 0.2) is 0 Å². The van der Waals surface area contributed by atoms with Gasteiger partial charge in [0, 0.05) is 36.7 Å². The molecule has 5 nitrogen and oxygen atoms in total. The summed E-state index contributed by atoms with van der Waals surface area (Å²) in [6, 6.07) is 8.14. The molecule has 0 N–H and O–H groups in total. The standard InChI is InChI=1S/C18H27BrN2O3/c1-14-13-21(17(22)24-18(2,3)4)9-8-20(14)10-11-23-16-7-5-6-15(19)12-16/h5-7,12,14H,8-11,13H2,1-4H3/t14-/m1/s1. The Morgan fingerprint density at radius 2 is 2.08 bits per heavy atom. The Morgan fingerprint density at radius 1 is 1.33 bits per heavy atom. The Labute approximate surface area is 153 Å². The molecule has 0 saturated carbocycles. The number of halogens is 1. The van der Waals surface area contributed by atoms with Gasteiger partial charge in [0.05, 0.1) is 0 Å². The molecule has 134 valence electrons. The molecule has 6 heteroatoms. The Morgan fingerprint density at radius 3 is 2.71 bits per heavy atom. The van der Waals surface area contributed by atoms with E-state index in [0.29, 0.717) is 19.7 Å². The van der Waals surface area contributed by atoms with Crippen LogP contribution in [0.2, 0.25) is 0 Å². The van der Waals surface area contributed by atoms with E-state index in [-0.39, 0.29) is 12.1 Å². The van der Waals surface area contributed by atoms with Crippen molar-refractivity contribution >= 4 is 22.0 Å². The van der Waals surface area contributed by atoms with E-state index in [0.717, 1.165) is 23.3 Å². The summed E-state index contributed by atoms with van der Waals surface area (Å²) in [5.41, 5.74) is -0.449. The van der Waals surface area contributed by atoms with Gasteiger partial charge in [-0.25, -0.2) is 4.79 Å². The molecule has 1 saturated heterocycles. The smallest absolute Gasteiger partial charge is 0.410 e. The number of hydrogen-bond donors (Lipinski definition) is 0. The first-order chi connectivity index (χ1) is 11.2. The number of nitrogens with zero attached hydrogens (tertiary/aromatic N) is 2. The third kappa shape index (κ3) is 5.98. The maximum atomic E-state index is 12.2. The summed E-state index contributed by atoms with van der Waals surface area (Å²) in [6.07, 6.45) is -0.223. The number of carbonyl (C=O) groups excluding carboxylic acids is 1. The third-order valence-electron chi connectivity index (χ3n) is 3.86. The molecule has 0 bridgehead atoms. The minimum Gasteiger partial charge on any atom is -0.492 e. The zero-order valence-electron chi connectivity index (χ0n) is 14.9. The fourth-order valence-corrected chi connectivity index (χ4v) is 3.04. The second kappa shape index (κ2) is 8.21. The maximum absolute atomic E-state index is 12.2. The zero-order chi connectivity index (χ0) is 17.7. The van der Waals surface area contributed by atoms with Crippen LogP contribution in [0.15, 0.2) is 28.7 Å². The molecule has 1 aliphatic rings. The number of hydrogen-bond acceptors (Lipinski definition) is 4. The minimum absolute atomic E-state index is 0.223. The van der Waals surface area contributed by atoms with Gasteiger partial charge >= 0.3 is 6.09 Å². The first-order valence-electron chi connectivity index (χ1n) is 8.35. The summed E-state index contributed by atoms with van der Waals surface area (Å²) < 4.78 is 12.3. The molecule has 0 aromatic heterocycles. The van der Waals surface area contributed by atoms with E-state index in [4.69, 9.17) is 9.47 Å². The van der Waals surface area contributed by atoms with Crippen LogP contribution in [0.1, 0.15) is 27.7 Å². The van der Waals surface area contributed by atoms with Gasteiger partial charge in [0.1, 0.15) is 18.0 Å². The minimum atomic E-state index is -0.449. The summed E-state index contributed by atoms with van der Waals surface area (Å²) in [5, 5.41) is 0. The van der Waals surface area contributed by atoms with Gasteiger partial charge in [-0.1, -0.05) is 22.0 Å². The molecular formula is C18H27BrN2O3. The molecule has 1 aromatic rings. The van der Waals surface area contributed by atoms with Gasteiger partial charge in [0.25, 0.3) is 0 Å². The second-order valence-electron chi connectivity index (χ2n) is 7.12. The van der Waals surface area contributed by atoms with Gasteiger partial charge in [0.2, 0.25) is 0 Å². The molecule has 0 spiro atoms. The Balaban J connectivity index is 1.76. The number of carbonyl (C=O) groups is 1. The highest BCUT2D eigenvalue weighted by Crippen LogP contribution is 2.18. The summed E-state index contributed by atoms with van der Waals surface area (Å²) in [4.78, 5) is 16.3. The van der Waals surface area contributed by atoms with Crippen LogP contribution in [0.4, 0.5) is 4.79 Å². The van der Waals surface area contributed by atoms with E-state index in [1.165, 1.54) is 0 Å². The van der Waals surface area contributed by atoms with E-state index in [9.17, 15) is 4.79 Å². The molecule has 0 unspecified atom stereocenters. The number of rotatable bonds is 4. The Bertz CT molecular complexity index is 559. The van der Waals surface area contributed by atoms with Crippen LogP contribution in [0.25, 0.3) is 0 Å². The van der Waals surface area contributed by atoms with Crippen LogP contribution in [-0.2, 0) is 4.74 Å². The predicted octanol–water partition coefficient (Wildman–Crippen LogP) is 3.77. The van der Waals surface area contributed by atoms with Crippen molar-refractivity contribution in [1.82, 2.24) is 9.80 Å². The van der Waals surface area contributed by atoms with Crippen molar-refractivity contribution in [2.24, 2.45) is 0 Å². The van der Waals surface area contributed by atoms with Gasteiger partial charge in [-0.15, -0.1) is 0 Å². The molecule has 1 atom stereocenters. The average molecular weight is 399 g/mol. The molecule has 1 fully saturated rings. The molecular weight excluding hydrogens is 372 g/mol. The van der Waals surface area contributed by atoms with E-state index >= 15 is 0 Å². The van der Waals surface area contributed by atoms with Crippen molar-refractivity contribution in [3.8, 4) is 5.75 Å². The SMILES string of the molecule is C[C@@H]1CN(C(=O)OC(C)(C)C)CCN1CCOc1cccc(Br)c1. The zero-order valence-corrected chi connectivity index (χ0v) is 16.5. The molecule has 1 amide bonds. The first-order valence-corrected chi connectivity index (χ1v) is 9.14. The normalized spacial score (nSPS) is 19.2. The molecule has 2 rings (SSSR count). The van der Waals surface area contributed by atoms with Crippen molar-refractivity contribution < 1.29 is 14.3 Å². The van der Waals surface area contributed by atoms with Crippen LogP contribution >= 0.6 is 15.9 Å². The van der Waals surface area contributed by atoms with Gasteiger partial charge in [-0.05, 0) is 45.9 Å². The van der Waals surface area contributed by atoms with Gasteiger partial charge < -0.3 is 14.4 Å². The maximum Gasteiger partial charge on any atom is 0.410 e. The second-order valence-corrected chi connectivity index (χ2v) is 8.03. The van der Waals surface area contributed by atoms with Crippen molar-refractivity contribution in [2.75, 3.05) is 32.8 Å². The fourth-order valence-electron chi connectivity index (χ4n) is 2.66. The summed E-state index contributed by atoms with van der Waals surface area (Å²) in [6.45, 7) is 11.5. The fraction of sp³-hybridized carbons (Fsp3) is 0.611. The first kappa shape index (κ1) is 19.1. The van der Waals surface area contributed by atoms with Crippen molar-refractivity contribution in [3.63, 3.8) is 0 Å². The summed E-state index contributed by atoms with van der Waals surface area (Å²) >= 11 is 3.44. The highest BCUT2D eigenvalue weighted by molar-refractivity contribution is 9.10. The molecule has 0 radical (unpaired) electrons. The van der Waals surface area contributed by atoms with Crippen LogP contribution in [0, 0.1) is 0 Å². The Hall–Kier alpha value is -1.27. The van der Waals surface area contributed by atoms with Crippen LogP contribution in [-0.4, -0.2) is 60.3 Å². The lowest BCUT2D eigenvalue weighted by molar-refractivity contribution is 0.00430. The van der Waals surface area contributed by atoms with Gasteiger partial charge in [-0.2, -0.15) is 0 Å². The highest BCUT2D eigenvalue weighted by Gasteiger charge is 2.29.